The van der Waals surface area contributed by atoms with Crippen LogP contribution in [0.2, 0.25) is 0 Å². The molecule has 0 saturated heterocycles. The summed E-state index contributed by atoms with van der Waals surface area (Å²) in [6.45, 7) is 1.36. The van der Waals surface area contributed by atoms with Crippen molar-refractivity contribution in [2.75, 3.05) is 18.5 Å². The third kappa shape index (κ3) is 2.68. The lowest BCUT2D eigenvalue weighted by molar-refractivity contribution is 0.332. The molecule has 3 aromatic rings. The number of benzene rings is 1. The zero-order chi connectivity index (χ0) is 12.9. The van der Waals surface area contributed by atoms with Crippen molar-refractivity contribution in [1.82, 2.24) is 9.38 Å². The van der Waals surface area contributed by atoms with Crippen LogP contribution >= 0.6 is 0 Å². The number of aromatic nitrogens is 2. The van der Waals surface area contributed by atoms with Crippen molar-refractivity contribution < 1.29 is 4.74 Å². The maximum absolute atomic E-state index is 5.63. The summed E-state index contributed by atoms with van der Waals surface area (Å²) in [5, 5.41) is 3.34. The number of fused-ring (bicyclic) bond motifs is 1. The highest BCUT2D eigenvalue weighted by Crippen LogP contribution is 2.11. The average Bonchev–Trinajstić information content (AvgIpc) is 2.94. The van der Waals surface area contributed by atoms with Crippen LogP contribution in [0.5, 0.6) is 5.75 Å². The van der Waals surface area contributed by atoms with Gasteiger partial charge in [0.2, 0.25) is 0 Å². The van der Waals surface area contributed by atoms with E-state index in [2.05, 4.69) is 10.3 Å². The highest BCUT2D eigenvalue weighted by Gasteiger charge is 1.99. The molecule has 0 aliphatic rings. The van der Waals surface area contributed by atoms with Gasteiger partial charge in [0.05, 0.1) is 6.54 Å². The molecule has 96 valence electrons. The Morgan fingerprint density at radius 3 is 2.84 bits per heavy atom. The molecule has 4 heteroatoms. The van der Waals surface area contributed by atoms with Gasteiger partial charge in [0.25, 0.3) is 0 Å². The molecule has 0 aliphatic heterocycles. The number of hydrogen-bond acceptors (Lipinski definition) is 3. The first-order chi connectivity index (χ1) is 9.43. The molecule has 0 bridgehead atoms. The number of imidazole rings is 1. The molecule has 0 spiro atoms. The lowest BCUT2D eigenvalue weighted by atomic mass is 10.3. The van der Waals surface area contributed by atoms with E-state index in [1.807, 2.05) is 59.1 Å². The van der Waals surface area contributed by atoms with Crippen LogP contribution in [-0.4, -0.2) is 22.5 Å². The van der Waals surface area contributed by atoms with E-state index in [1.54, 1.807) is 6.20 Å². The quantitative estimate of drug-likeness (QED) is 0.711. The number of ether oxygens (including phenoxy) is 1. The normalized spacial score (nSPS) is 10.5. The Morgan fingerprint density at radius 1 is 1.05 bits per heavy atom. The lowest BCUT2D eigenvalue weighted by Crippen LogP contribution is -2.13. The van der Waals surface area contributed by atoms with E-state index in [4.69, 9.17) is 4.74 Å². The molecular weight excluding hydrogens is 238 g/mol. The average molecular weight is 253 g/mol. The second kappa shape index (κ2) is 5.44. The van der Waals surface area contributed by atoms with Gasteiger partial charge in [0, 0.05) is 12.4 Å². The zero-order valence-electron chi connectivity index (χ0n) is 10.5. The van der Waals surface area contributed by atoms with E-state index in [0.29, 0.717) is 6.61 Å². The fraction of sp³-hybridized carbons (Fsp3) is 0.133. The zero-order valence-corrected chi connectivity index (χ0v) is 10.5. The topological polar surface area (TPSA) is 38.6 Å². The summed E-state index contributed by atoms with van der Waals surface area (Å²) in [5.41, 5.74) is 0.939. The number of hydrogen-bond donors (Lipinski definition) is 1. The number of anilines is 1. The van der Waals surface area contributed by atoms with E-state index in [0.717, 1.165) is 23.8 Å². The summed E-state index contributed by atoms with van der Waals surface area (Å²) >= 11 is 0. The predicted molar refractivity (Wildman–Crippen MR) is 75.6 cm³/mol. The molecule has 0 unspecified atom stereocenters. The van der Waals surface area contributed by atoms with Gasteiger partial charge in [0.1, 0.15) is 23.8 Å². The molecule has 4 nitrogen and oxygen atoms in total. The maximum Gasteiger partial charge on any atom is 0.138 e. The molecule has 1 aromatic carbocycles. The fourth-order valence-electron chi connectivity index (χ4n) is 1.96. The van der Waals surface area contributed by atoms with Gasteiger partial charge in [-0.3, -0.25) is 4.40 Å². The van der Waals surface area contributed by atoms with Crippen LogP contribution < -0.4 is 10.1 Å². The number of para-hydroxylation sites is 1. The number of pyridine rings is 1. The number of rotatable bonds is 5. The summed E-state index contributed by atoms with van der Waals surface area (Å²) in [5.74, 6) is 1.91. The Morgan fingerprint density at radius 2 is 1.95 bits per heavy atom. The standard InChI is InChI=1S/C15H15N3O/c1-2-5-13(6-3-1)19-12-10-17-15-8-4-7-14-16-9-11-18(14)15/h1-9,11,17H,10,12H2. The van der Waals surface area contributed by atoms with Gasteiger partial charge in [0.15, 0.2) is 0 Å². The first kappa shape index (κ1) is 11.6. The summed E-state index contributed by atoms with van der Waals surface area (Å²) < 4.78 is 7.65. The van der Waals surface area contributed by atoms with Gasteiger partial charge < -0.3 is 10.1 Å². The van der Waals surface area contributed by atoms with Crippen LogP contribution in [0.3, 0.4) is 0 Å². The minimum atomic E-state index is 0.620. The minimum absolute atomic E-state index is 0.620. The van der Waals surface area contributed by atoms with Gasteiger partial charge in [-0.25, -0.2) is 4.98 Å². The van der Waals surface area contributed by atoms with E-state index >= 15 is 0 Å². The lowest BCUT2D eigenvalue weighted by Gasteiger charge is -2.10. The predicted octanol–water partition coefficient (Wildman–Crippen LogP) is 2.83. The molecule has 0 fully saturated rings. The Bertz CT molecular complexity index is 649. The van der Waals surface area contributed by atoms with E-state index in [9.17, 15) is 0 Å². The van der Waals surface area contributed by atoms with Crippen LogP contribution in [0.1, 0.15) is 0 Å². The van der Waals surface area contributed by atoms with Crippen LogP contribution in [0.25, 0.3) is 5.65 Å². The Kier molecular flexibility index (Phi) is 3.32. The molecule has 0 radical (unpaired) electrons. The van der Waals surface area contributed by atoms with Crippen molar-refractivity contribution in [3.63, 3.8) is 0 Å². The molecule has 2 heterocycles. The summed E-state index contributed by atoms with van der Waals surface area (Å²) in [6, 6.07) is 15.8. The van der Waals surface area contributed by atoms with Gasteiger partial charge in [-0.05, 0) is 24.3 Å². The SMILES string of the molecule is c1ccc(OCCNc2cccc3nccn23)cc1. The van der Waals surface area contributed by atoms with Gasteiger partial charge >= 0.3 is 0 Å². The van der Waals surface area contributed by atoms with Gasteiger partial charge in [-0.1, -0.05) is 24.3 Å². The van der Waals surface area contributed by atoms with Crippen molar-refractivity contribution >= 4 is 11.5 Å². The third-order valence-corrected chi connectivity index (χ3v) is 2.85. The minimum Gasteiger partial charge on any atom is -0.492 e. The summed E-state index contributed by atoms with van der Waals surface area (Å²) in [4.78, 5) is 4.25. The maximum atomic E-state index is 5.63. The fourth-order valence-corrected chi connectivity index (χ4v) is 1.96. The Hall–Kier alpha value is -2.49. The molecule has 1 N–H and O–H groups in total. The largest absolute Gasteiger partial charge is 0.492 e. The number of nitrogens with zero attached hydrogens (tertiary/aromatic N) is 2. The molecule has 3 rings (SSSR count). The monoisotopic (exact) mass is 253 g/mol. The highest BCUT2D eigenvalue weighted by atomic mass is 16.5. The third-order valence-electron chi connectivity index (χ3n) is 2.85. The van der Waals surface area contributed by atoms with Crippen LogP contribution in [0.4, 0.5) is 5.82 Å². The van der Waals surface area contributed by atoms with E-state index in [1.165, 1.54) is 0 Å². The van der Waals surface area contributed by atoms with Crippen molar-refractivity contribution in [1.29, 1.82) is 0 Å². The van der Waals surface area contributed by atoms with E-state index in [-0.39, 0.29) is 0 Å². The van der Waals surface area contributed by atoms with Crippen molar-refractivity contribution in [2.24, 2.45) is 0 Å². The Labute approximate surface area is 111 Å². The second-order valence-corrected chi connectivity index (χ2v) is 4.15. The van der Waals surface area contributed by atoms with Crippen molar-refractivity contribution in [2.45, 2.75) is 0 Å². The first-order valence-electron chi connectivity index (χ1n) is 6.27. The van der Waals surface area contributed by atoms with Crippen molar-refractivity contribution in [3.8, 4) is 5.75 Å². The molecule has 0 saturated carbocycles. The van der Waals surface area contributed by atoms with Gasteiger partial charge in [-0.15, -0.1) is 0 Å². The smallest absolute Gasteiger partial charge is 0.138 e. The van der Waals surface area contributed by atoms with Crippen molar-refractivity contribution in [3.05, 3.63) is 60.9 Å². The first-order valence-corrected chi connectivity index (χ1v) is 6.27. The summed E-state index contributed by atoms with van der Waals surface area (Å²) in [6.07, 6.45) is 3.73. The number of nitrogens with one attached hydrogen (secondary N) is 1. The molecule has 0 aliphatic carbocycles. The van der Waals surface area contributed by atoms with Crippen LogP contribution in [0.15, 0.2) is 60.9 Å². The van der Waals surface area contributed by atoms with Gasteiger partial charge in [-0.2, -0.15) is 0 Å². The molecule has 0 amide bonds. The van der Waals surface area contributed by atoms with Crippen LogP contribution in [0, 0.1) is 0 Å². The Balaban J connectivity index is 1.57. The molecule has 2 aromatic heterocycles. The highest BCUT2D eigenvalue weighted by molar-refractivity contribution is 5.49. The summed E-state index contributed by atoms with van der Waals surface area (Å²) in [7, 11) is 0. The molecule has 0 atom stereocenters. The van der Waals surface area contributed by atoms with Crippen LogP contribution in [-0.2, 0) is 0 Å². The molecular formula is C15H15N3O. The second-order valence-electron chi connectivity index (χ2n) is 4.15. The van der Waals surface area contributed by atoms with E-state index < -0.39 is 0 Å². The molecule has 19 heavy (non-hydrogen) atoms.